The second-order valence-corrected chi connectivity index (χ2v) is 9.48. The van der Waals surface area contributed by atoms with Crippen molar-refractivity contribution in [1.29, 1.82) is 0 Å². The molecule has 0 amide bonds. The van der Waals surface area contributed by atoms with Gasteiger partial charge in [-0.05, 0) is 36.4 Å². The van der Waals surface area contributed by atoms with E-state index in [2.05, 4.69) is 0 Å². The molecule has 0 fully saturated rings. The Kier molecular flexibility index (Phi) is 7.64. The number of alkyl halides is 3. The van der Waals surface area contributed by atoms with E-state index in [1.54, 1.807) is 23.0 Å². The van der Waals surface area contributed by atoms with E-state index >= 15 is 0 Å². The zero-order valence-electron chi connectivity index (χ0n) is 21.4. The van der Waals surface area contributed by atoms with E-state index in [0.29, 0.717) is 11.1 Å². The molecule has 6 aromatic rings. The number of benzene rings is 4. The lowest BCUT2D eigenvalue weighted by Gasteiger charge is -2.15. The summed E-state index contributed by atoms with van der Waals surface area (Å²) in [5, 5.41) is 0.778. The topological polar surface area (TPSA) is 56.1 Å². The molecule has 41 heavy (non-hydrogen) atoms. The number of nitrogens with zero attached hydrogens (tertiary/aromatic N) is 2. The molecule has 0 spiro atoms. The van der Waals surface area contributed by atoms with E-state index < -0.39 is 23.4 Å². The first-order chi connectivity index (χ1) is 19.3. The first-order valence-electron chi connectivity index (χ1n) is 12.6. The number of imidazole rings is 1. The molecule has 6 rings (SSSR count). The van der Waals surface area contributed by atoms with E-state index in [4.69, 9.17) is 4.42 Å². The van der Waals surface area contributed by atoms with Crippen LogP contribution in [0.15, 0.2) is 125 Å². The Balaban J connectivity index is 0.00000337. The van der Waals surface area contributed by atoms with Gasteiger partial charge in [0.05, 0.1) is 11.1 Å². The Morgan fingerprint density at radius 2 is 1.51 bits per heavy atom. The number of fused-ring (bicyclic) bond motifs is 2. The molecular weight excluding hydrogens is 597 g/mol. The highest BCUT2D eigenvalue weighted by Crippen LogP contribution is 2.31. The third-order valence-electron chi connectivity index (χ3n) is 6.94. The van der Waals surface area contributed by atoms with Crippen LogP contribution in [0.1, 0.15) is 33.1 Å². The van der Waals surface area contributed by atoms with E-state index in [9.17, 15) is 22.8 Å². The summed E-state index contributed by atoms with van der Waals surface area (Å²) in [4.78, 5) is 26.5. The van der Waals surface area contributed by atoms with E-state index in [-0.39, 0.29) is 34.9 Å². The van der Waals surface area contributed by atoms with Crippen LogP contribution in [0.3, 0.4) is 0 Å². The molecule has 206 valence electrons. The van der Waals surface area contributed by atoms with Gasteiger partial charge in [0, 0.05) is 16.5 Å². The molecule has 0 saturated heterocycles. The van der Waals surface area contributed by atoms with Crippen LogP contribution < -0.4 is 27.2 Å². The molecule has 1 atom stereocenters. The first-order valence-corrected chi connectivity index (χ1v) is 12.6. The van der Waals surface area contributed by atoms with Crippen LogP contribution in [-0.2, 0) is 12.7 Å². The number of halogens is 4. The summed E-state index contributed by atoms with van der Waals surface area (Å²) in [7, 11) is 0. The molecule has 0 bridgehead atoms. The minimum absolute atomic E-state index is 0. The highest BCUT2D eigenvalue weighted by atomic mass is 79.9. The molecule has 5 nitrogen and oxygen atoms in total. The van der Waals surface area contributed by atoms with E-state index in [0.717, 1.165) is 34.1 Å². The summed E-state index contributed by atoms with van der Waals surface area (Å²) in [6.45, 7) is -0.104. The van der Waals surface area contributed by atoms with Gasteiger partial charge in [-0.1, -0.05) is 72.8 Å². The standard InChI is InChI=1S/C32H22F3N2O3.BrH/c33-32(34,35)24-16-14-21(15-17-24)28(38)19-36-20-37(27-12-6-5-11-26(27)36)30(22-8-2-1-3-9-22)25-18-23-10-4-7-13-29(23)40-31(25)39;/h1-18,20,30H,19H2;1H/q+1;/p-1. The predicted molar refractivity (Wildman–Crippen MR) is 144 cm³/mol. The zero-order chi connectivity index (χ0) is 27.9. The molecule has 0 aliphatic rings. The number of rotatable bonds is 6. The Morgan fingerprint density at radius 3 is 2.24 bits per heavy atom. The second kappa shape index (κ2) is 11.2. The summed E-state index contributed by atoms with van der Waals surface area (Å²) < 4.78 is 48.3. The van der Waals surface area contributed by atoms with E-state index in [1.165, 1.54) is 12.1 Å². The van der Waals surface area contributed by atoms with Gasteiger partial charge in [-0.2, -0.15) is 13.2 Å². The minimum atomic E-state index is -4.48. The van der Waals surface area contributed by atoms with Crippen LogP contribution >= 0.6 is 0 Å². The van der Waals surface area contributed by atoms with Gasteiger partial charge < -0.3 is 21.4 Å². The van der Waals surface area contributed by atoms with Crippen LogP contribution in [0.5, 0.6) is 0 Å². The maximum Gasteiger partial charge on any atom is 0.416 e. The number of aromatic nitrogens is 2. The number of hydrogen-bond donors (Lipinski definition) is 0. The smallest absolute Gasteiger partial charge is 0.416 e. The van der Waals surface area contributed by atoms with Crippen molar-refractivity contribution in [1.82, 2.24) is 4.57 Å². The van der Waals surface area contributed by atoms with Gasteiger partial charge in [0.15, 0.2) is 23.6 Å². The zero-order valence-corrected chi connectivity index (χ0v) is 23.0. The molecule has 0 aliphatic heterocycles. The highest BCUT2D eigenvalue weighted by molar-refractivity contribution is 5.95. The largest absolute Gasteiger partial charge is 1.00 e. The normalized spacial score (nSPS) is 12.3. The quantitative estimate of drug-likeness (QED) is 0.163. The fraction of sp³-hybridized carbons (Fsp3) is 0.0938. The van der Waals surface area contributed by atoms with Crippen LogP contribution in [0, 0.1) is 0 Å². The fourth-order valence-corrected chi connectivity index (χ4v) is 5.02. The number of Topliss-reactive ketones (excluding diaryl/α,β-unsaturated/α-hetero) is 1. The van der Waals surface area contributed by atoms with Crippen molar-refractivity contribution in [2.24, 2.45) is 0 Å². The SMILES string of the molecule is O=C(C[n+]1cn(C(c2ccccc2)c2cc3ccccc3oc2=O)c2ccccc21)c1ccc(C(F)(F)F)cc1.[Br-]. The Hall–Kier alpha value is -4.50. The summed E-state index contributed by atoms with van der Waals surface area (Å²) >= 11 is 0. The number of carbonyl (C=O) groups excluding carboxylic acids is 1. The molecule has 0 saturated carbocycles. The first kappa shape index (κ1) is 28.0. The molecule has 1 unspecified atom stereocenters. The van der Waals surface area contributed by atoms with Gasteiger partial charge in [0.2, 0.25) is 12.1 Å². The van der Waals surface area contributed by atoms with Gasteiger partial charge in [0.25, 0.3) is 0 Å². The molecule has 0 aliphatic carbocycles. The summed E-state index contributed by atoms with van der Waals surface area (Å²) in [5.74, 6) is -0.344. The number of para-hydroxylation sites is 3. The summed E-state index contributed by atoms with van der Waals surface area (Å²) in [5.41, 5.74) is 2.13. The molecule has 0 N–H and O–H groups in total. The molecule has 4 aromatic carbocycles. The van der Waals surface area contributed by atoms with Crippen LogP contribution in [0.2, 0.25) is 0 Å². The van der Waals surface area contributed by atoms with Crippen molar-refractivity contribution < 1.29 is 43.9 Å². The van der Waals surface area contributed by atoms with Crippen LogP contribution in [-0.4, -0.2) is 10.4 Å². The lowest BCUT2D eigenvalue weighted by molar-refractivity contribution is -0.658. The Morgan fingerprint density at radius 1 is 0.854 bits per heavy atom. The average molecular weight is 619 g/mol. The van der Waals surface area contributed by atoms with Crippen molar-refractivity contribution in [3.8, 4) is 0 Å². The second-order valence-electron chi connectivity index (χ2n) is 9.48. The number of hydrogen-bond acceptors (Lipinski definition) is 3. The van der Waals surface area contributed by atoms with Crippen molar-refractivity contribution in [2.75, 3.05) is 0 Å². The lowest BCUT2D eigenvalue weighted by atomic mass is 9.98. The maximum absolute atomic E-state index is 13.3. The number of carbonyl (C=O) groups is 1. The van der Waals surface area contributed by atoms with Gasteiger partial charge in [0.1, 0.15) is 5.58 Å². The van der Waals surface area contributed by atoms with Crippen molar-refractivity contribution in [3.05, 3.63) is 148 Å². The Labute approximate surface area is 242 Å². The van der Waals surface area contributed by atoms with Gasteiger partial charge in [-0.15, -0.1) is 0 Å². The Bertz CT molecular complexity index is 1910. The molecule has 2 heterocycles. The summed E-state index contributed by atoms with van der Waals surface area (Å²) in [6, 6.07) is 29.7. The predicted octanol–water partition coefficient (Wildman–Crippen LogP) is 3.58. The lowest BCUT2D eigenvalue weighted by Crippen LogP contribution is -3.00. The molecule has 9 heteroatoms. The third kappa shape index (κ3) is 5.45. The van der Waals surface area contributed by atoms with Crippen LogP contribution in [0.25, 0.3) is 22.0 Å². The van der Waals surface area contributed by atoms with Gasteiger partial charge in [-0.3, -0.25) is 4.79 Å². The van der Waals surface area contributed by atoms with Crippen molar-refractivity contribution >= 4 is 27.8 Å². The van der Waals surface area contributed by atoms with Crippen molar-refractivity contribution in [3.63, 3.8) is 0 Å². The minimum Gasteiger partial charge on any atom is -1.00 e. The van der Waals surface area contributed by atoms with Crippen LogP contribution in [0.4, 0.5) is 13.2 Å². The maximum atomic E-state index is 13.3. The monoisotopic (exact) mass is 618 g/mol. The summed E-state index contributed by atoms with van der Waals surface area (Å²) in [6.07, 6.45) is -2.72. The fourth-order valence-electron chi connectivity index (χ4n) is 5.02. The van der Waals surface area contributed by atoms with Gasteiger partial charge in [-0.25, -0.2) is 13.9 Å². The van der Waals surface area contributed by atoms with Crippen molar-refractivity contribution in [2.45, 2.75) is 18.8 Å². The molecular formula is C32H22BrF3N2O3. The third-order valence-corrected chi connectivity index (χ3v) is 6.94. The van der Waals surface area contributed by atoms with Gasteiger partial charge >= 0.3 is 11.8 Å². The average Bonchev–Trinajstić information content (AvgIpc) is 3.31. The number of ketones is 1. The molecule has 0 radical (unpaired) electrons. The highest BCUT2D eigenvalue weighted by Gasteiger charge is 2.32. The van der Waals surface area contributed by atoms with E-state index in [1.807, 2.05) is 77.4 Å². The molecule has 2 aromatic heterocycles.